The van der Waals surface area contributed by atoms with Crippen LogP contribution in [0.3, 0.4) is 0 Å². The number of amides is 1. The molecule has 0 aliphatic heterocycles. The van der Waals surface area contributed by atoms with Gasteiger partial charge in [0, 0.05) is 18.6 Å². The summed E-state index contributed by atoms with van der Waals surface area (Å²) < 4.78 is 5.23. The zero-order valence-electron chi connectivity index (χ0n) is 16.4. The quantitative estimate of drug-likeness (QED) is 0.377. The third-order valence-corrected chi connectivity index (χ3v) is 4.02. The van der Waals surface area contributed by atoms with Crippen LogP contribution in [0.2, 0.25) is 0 Å². The summed E-state index contributed by atoms with van der Waals surface area (Å²) in [5, 5.41) is 24.6. The Bertz CT molecular complexity index is 912. The summed E-state index contributed by atoms with van der Waals surface area (Å²) in [4.78, 5) is 45.6. The van der Waals surface area contributed by atoms with Crippen molar-refractivity contribution in [2.24, 2.45) is 5.92 Å². The van der Waals surface area contributed by atoms with E-state index in [1.165, 1.54) is 0 Å². The van der Waals surface area contributed by atoms with E-state index in [0.29, 0.717) is 0 Å². The smallest absolute Gasteiger partial charge is 0.329 e. The molecular weight excluding hydrogens is 394 g/mol. The normalized spacial score (nSPS) is 11.6. The number of ether oxygens (including phenoxy) is 1. The largest absolute Gasteiger partial charge is 0.464 e. The van der Waals surface area contributed by atoms with Crippen LogP contribution in [-0.4, -0.2) is 34.4 Å². The number of hydrogen-bond donors (Lipinski definition) is 1. The van der Waals surface area contributed by atoms with Crippen molar-refractivity contribution >= 4 is 23.3 Å². The monoisotopic (exact) mass is 415 g/mol. The molecule has 0 heterocycles. The number of carbonyl (C=O) groups is 2. The summed E-state index contributed by atoms with van der Waals surface area (Å²) in [6.45, 7) is 3.88. The van der Waals surface area contributed by atoms with E-state index < -0.39 is 39.1 Å². The number of nitro groups is 2. The molecule has 0 bridgehead atoms. The molecule has 10 nitrogen and oxygen atoms in total. The molecule has 0 aliphatic rings. The first kappa shape index (κ1) is 22.5. The van der Waals surface area contributed by atoms with Gasteiger partial charge >= 0.3 is 5.97 Å². The molecule has 0 fully saturated rings. The number of nitro benzene ring substituents is 2. The molecule has 2 aromatic carbocycles. The minimum atomic E-state index is -1.07. The predicted molar refractivity (Wildman–Crippen MR) is 107 cm³/mol. The number of nitrogens with zero attached hydrogens (tertiary/aromatic N) is 2. The van der Waals surface area contributed by atoms with Crippen molar-refractivity contribution in [3.63, 3.8) is 0 Å². The summed E-state index contributed by atoms with van der Waals surface area (Å²) >= 11 is 0. The molecule has 0 radical (unpaired) electrons. The highest BCUT2D eigenvalue weighted by molar-refractivity contribution is 5.98. The second kappa shape index (κ2) is 10.1. The van der Waals surface area contributed by atoms with Crippen LogP contribution in [0, 0.1) is 26.1 Å². The molecule has 1 unspecified atom stereocenters. The number of benzene rings is 2. The van der Waals surface area contributed by atoms with E-state index in [1.807, 2.05) is 13.8 Å². The Labute approximate surface area is 172 Å². The summed E-state index contributed by atoms with van der Waals surface area (Å²) in [5.41, 5.74) is -0.743. The van der Waals surface area contributed by atoms with Gasteiger partial charge in [0.15, 0.2) is 0 Å². The lowest BCUT2D eigenvalue weighted by Gasteiger charge is -2.18. The average molecular weight is 415 g/mol. The summed E-state index contributed by atoms with van der Waals surface area (Å²) in [6, 6.07) is 10.4. The van der Waals surface area contributed by atoms with Gasteiger partial charge in [-0.15, -0.1) is 0 Å². The predicted octanol–water partition coefficient (Wildman–Crippen LogP) is 3.04. The number of non-ortho nitro benzene ring substituents is 2. The third kappa shape index (κ3) is 6.36. The number of carbonyl (C=O) groups excluding carboxylic acids is 2. The van der Waals surface area contributed by atoms with Crippen molar-refractivity contribution in [1.29, 1.82) is 0 Å². The maximum Gasteiger partial charge on any atom is 0.329 e. The lowest BCUT2D eigenvalue weighted by molar-refractivity contribution is -0.394. The number of nitrogens with one attached hydrogen (secondary N) is 1. The average Bonchev–Trinajstić information content (AvgIpc) is 2.71. The second-order valence-electron chi connectivity index (χ2n) is 6.99. The zero-order valence-corrected chi connectivity index (χ0v) is 16.4. The molecule has 1 amide bonds. The molecule has 158 valence electrons. The second-order valence-corrected chi connectivity index (χ2v) is 6.99. The van der Waals surface area contributed by atoms with Gasteiger partial charge in [-0.2, -0.15) is 0 Å². The minimum absolute atomic E-state index is 0.0847. The maximum atomic E-state index is 12.7. The van der Waals surface area contributed by atoms with Gasteiger partial charge in [-0.25, -0.2) is 4.79 Å². The first-order chi connectivity index (χ1) is 14.2. The molecule has 2 aromatic rings. The van der Waals surface area contributed by atoms with Crippen molar-refractivity contribution in [2.75, 3.05) is 6.61 Å². The van der Waals surface area contributed by atoms with Gasteiger partial charge in [-0.1, -0.05) is 44.2 Å². The lowest BCUT2D eigenvalue weighted by atomic mass is 10.0. The Morgan fingerprint density at radius 1 is 1.00 bits per heavy atom. The molecular formula is C20H21N3O7. The van der Waals surface area contributed by atoms with E-state index in [9.17, 15) is 29.8 Å². The number of hydrogen-bond acceptors (Lipinski definition) is 7. The van der Waals surface area contributed by atoms with E-state index >= 15 is 0 Å². The highest BCUT2D eigenvalue weighted by atomic mass is 16.6. The van der Waals surface area contributed by atoms with Crippen molar-refractivity contribution in [3.05, 3.63) is 79.9 Å². The fourth-order valence-corrected chi connectivity index (χ4v) is 2.57. The van der Waals surface area contributed by atoms with Gasteiger partial charge in [-0.3, -0.25) is 25.0 Å². The molecule has 30 heavy (non-hydrogen) atoms. The molecule has 1 atom stereocenters. The number of rotatable bonds is 9. The van der Waals surface area contributed by atoms with Crippen LogP contribution in [0.25, 0.3) is 0 Å². The van der Waals surface area contributed by atoms with Gasteiger partial charge < -0.3 is 10.1 Å². The van der Waals surface area contributed by atoms with Crippen molar-refractivity contribution < 1.29 is 24.2 Å². The highest BCUT2D eigenvalue weighted by Gasteiger charge is 2.26. The van der Waals surface area contributed by atoms with Crippen molar-refractivity contribution in [1.82, 2.24) is 5.32 Å². The Morgan fingerprint density at radius 3 is 2.07 bits per heavy atom. The van der Waals surface area contributed by atoms with Crippen LogP contribution in [0.1, 0.15) is 29.8 Å². The molecule has 1 N–H and O–H groups in total. The Hall–Kier alpha value is -3.82. The maximum absolute atomic E-state index is 12.7. The van der Waals surface area contributed by atoms with Gasteiger partial charge in [0.05, 0.1) is 28.1 Å². The van der Waals surface area contributed by atoms with Crippen molar-refractivity contribution in [2.45, 2.75) is 26.3 Å². The summed E-state index contributed by atoms with van der Waals surface area (Å²) in [7, 11) is 0. The van der Waals surface area contributed by atoms with E-state index in [1.54, 1.807) is 30.3 Å². The highest BCUT2D eigenvalue weighted by Crippen LogP contribution is 2.23. The molecule has 2 rings (SSSR count). The SMILES string of the molecule is CC(C)COC(=O)C(Cc1ccccc1)NC(=O)c1cc([N+](=O)[O-])cc([N+](=O)[O-])c1. The summed E-state index contributed by atoms with van der Waals surface area (Å²) in [5.74, 6) is -1.44. The van der Waals surface area contributed by atoms with Gasteiger partial charge in [0.25, 0.3) is 17.3 Å². The van der Waals surface area contributed by atoms with E-state index in [4.69, 9.17) is 4.74 Å². The van der Waals surface area contributed by atoms with Crippen LogP contribution in [0.4, 0.5) is 11.4 Å². The lowest BCUT2D eigenvalue weighted by Crippen LogP contribution is -2.43. The third-order valence-electron chi connectivity index (χ3n) is 4.02. The van der Waals surface area contributed by atoms with E-state index in [2.05, 4.69) is 5.32 Å². The molecule has 10 heteroatoms. The zero-order chi connectivity index (χ0) is 22.3. The van der Waals surface area contributed by atoms with E-state index in [-0.39, 0.29) is 24.5 Å². The molecule has 0 saturated carbocycles. The Morgan fingerprint density at radius 2 is 1.57 bits per heavy atom. The van der Waals surface area contributed by atoms with Gasteiger partial charge in [-0.05, 0) is 11.5 Å². The molecule has 0 spiro atoms. The molecule has 0 aromatic heterocycles. The first-order valence-corrected chi connectivity index (χ1v) is 9.12. The van der Waals surface area contributed by atoms with Crippen LogP contribution in [0.5, 0.6) is 0 Å². The fourth-order valence-electron chi connectivity index (χ4n) is 2.57. The van der Waals surface area contributed by atoms with Gasteiger partial charge in [0.1, 0.15) is 6.04 Å². The Kier molecular flexibility index (Phi) is 7.56. The fraction of sp³-hybridized carbons (Fsp3) is 0.300. The molecule has 0 saturated heterocycles. The van der Waals surface area contributed by atoms with Crippen LogP contribution < -0.4 is 5.32 Å². The number of esters is 1. The standard InChI is InChI=1S/C20H21N3O7/c1-13(2)12-30-20(25)18(8-14-6-4-3-5-7-14)21-19(24)15-9-16(22(26)27)11-17(10-15)23(28)29/h3-7,9-11,13,18H,8,12H2,1-2H3,(H,21,24). The van der Waals surface area contributed by atoms with Crippen molar-refractivity contribution in [3.8, 4) is 0 Å². The Balaban J connectivity index is 2.29. The minimum Gasteiger partial charge on any atom is -0.464 e. The van der Waals surface area contributed by atoms with E-state index in [0.717, 1.165) is 23.8 Å². The first-order valence-electron chi connectivity index (χ1n) is 9.12. The van der Waals surface area contributed by atoms with Crippen LogP contribution in [0.15, 0.2) is 48.5 Å². The summed E-state index contributed by atoms with van der Waals surface area (Å²) in [6.07, 6.45) is 0.126. The van der Waals surface area contributed by atoms with Crippen LogP contribution in [-0.2, 0) is 16.0 Å². The van der Waals surface area contributed by atoms with Crippen LogP contribution >= 0.6 is 0 Å². The molecule has 0 aliphatic carbocycles. The topological polar surface area (TPSA) is 142 Å². The van der Waals surface area contributed by atoms with Gasteiger partial charge in [0.2, 0.25) is 0 Å².